The summed E-state index contributed by atoms with van der Waals surface area (Å²) in [6.45, 7) is 1.53. The third-order valence-corrected chi connectivity index (χ3v) is 4.45. The predicted octanol–water partition coefficient (Wildman–Crippen LogP) is 0.548. The molecule has 0 radical (unpaired) electrons. The summed E-state index contributed by atoms with van der Waals surface area (Å²) in [5, 5.41) is 28.1. The summed E-state index contributed by atoms with van der Waals surface area (Å²) in [4.78, 5) is 25.0. The lowest BCUT2D eigenvalue weighted by molar-refractivity contribution is -0.161. The molecule has 2 aliphatic rings. The van der Waals surface area contributed by atoms with Gasteiger partial charge in [-0.3, -0.25) is 4.79 Å². The summed E-state index contributed by atoms with van der Waals surface area (Å²) in [5.74, 6) is -2.15. The number of aliphatic hydroxyl groups excluding tert-OH is 1. The van der Waals surface area contributed by atoms with Gasteiger partial charge in [0, 0.05) is 0 Å². The molecule has 0 spiro atoms. The molecule has 0 unspecified atom stereocenters. The van der Waals surface area contributed by atoms with Gasteiger partial charge < -0.3 is 20.8 Å². The number of benzene rings is 1. The number of rotatable bonds is 3. The van der Waals surface area contributed by atoms with E-state index in [0.717, 1.165) is 0 Å². The van der Waals surface area contributed by atoms with Gasteiger partial charge in [0.05, 0.1) is 29.3 Å². The predicted molar refractivity (Wildman–Crippen MR) is 80.5 cm³/mol. The summed E-state index contributed by atoms with van der Waals surface area (Å²) < 4.78 is 0. The van der Waals surface area contributed by atoms with Crippen molar-refractivity contribution in [3.8, 4) is 6.07 Å². The highest BCUT2D eigenvalue weighted by Gasteiger charge is 2.56. The summed E-state index contributed by atoms with van der Waals surface area (Å²) >= 11 is 0. The van der Waals surface area contributed by atoms with Gasteiger partial charge in [-0.25, -0.2) is 4.79 Å². The van der Waals surface area contributed by atoms with Gasteiger partial charge in [0.15, 0.2) is 0 Å². The molecule has 0 aliphatic carbocycles. The molecule has 2 aliphatic heterocycles. The fourth-order valence-corrected chi connectivity index (χ4v) is 3.38. The Hall–Kier alpha value is -2.85. The topological polar surface area (TPSA) is 128 Å². The van der Waals surface area contributed by atoms with Crippen molar-refractivity contribution in [1.82, 2.24) is 4.90 Å². The van der Waals surface area contributed by atoms with E-state index in [-0.39, 0.29) is 23.3 Å². The molecular formula is C16H15N3O4. The molecule has 7 heteroatoms. The van der Waals surface area contributed by atoms with Crippen LogP contribution in [0.4, 0.5) is 5.69 Å². The molecule has 1 amide bonds. The highest BCUT2D eigenvalue weighted by molar-refractivity contribution is 6.06. The lowest BCUT2D eigenvalue weighted by atomic mass is 9.82. The van der Waals surface area contributed by atoms with Crippen LogP contribution in [-0.2, 0) is 9.59 Å². The van der Waals surface area contributed by atoms with Crippen LogP contribution in [0.5, 0.6) is 0 Å². The third kappa shape index (κ3) is 2.07. The number of carbonyl (C=O) groups is 2. The van der Waals surface area contributed by atoms with Gasteiger partial charge in [-0.05, 0) is 36.6 Å². The van der Waals surface area contributed by atoms with E-state index in [1.165, 1.54) is 17.9 Å². The Labute approximate surface area is 132 Å². The van der Waals surface area contributed by atoms with Crippen molar-refractivity contribution in [2.45, 2.75) is 25.5 Å². The van der Waals surface area contributed by atoms with E-state index in [4.69, 9.17) is 11.0 Å². The van der Waals surface area contributed by atoms with Crippen LogP contribution >= 0.6 is 0 Å². The molecule has 7 nitrogen and oxygen atoms in total. The highest BCUT2D eigenvalue weighted by atomic mass is 16.4. The number of nitrogens with two attached hydrogens (primary N) is 1. The quantitative estimate of drug-likeness (QED) is 0.552. The Bertz CT molecular complexity index is 791. The Kier molecular flexibility index (Phi) is 3.34. The molecule has 0 saturated carbocycles. The van der Waals surface area contributed by atoms with E-state index < -0.39 is 18.0 Å². The van der Waals surface area contributed by atoms with Gasteiger partial charge in [0.2, 0.25) is 5.91 Å². The minimum absolute atomic E-state index is 0.0685. The number of nitrogen functional groups attached to an aromatic ring is 1. The Morgan fingerprint density at radius 1 is 1.52 bits per heavy atom. The molecule has 3 atom stereocenters. The molecule has 2 heterocycles. The molecule has 118 valence electrons. The van der Waals surface area contributed by atoms with E-state index in [2.05, 4.69) is 0 Å². The molecule has 1 saturated heterocycles. The van der Waals surface area contributed by atoms with Crippen LogP contribution in [0.2, 0.25) is 0 Å². The Morgan fingerprint density at radius 3 is 2.74 bits per heavy atom. The van der Waals surface area contributed by atoms with Crippen molar-refractivity contribution in [1.29, 1.82) is 5.26 Å². The number of carboxylic acids is 1. The number of hydrogen-bond donors (Lipinski definition) is 3. The second-order valence-electron chi connectivity index (χ2n) is 5.79. The molecule has 3 rings (SSSR count). The maximum Gasteiger partial charge on any atom is 0.352 e. The summed E-state index contributed by atoms with van der Waals surface area (Å²) in [7, 11) is 0. The van der Waals surface area contributed by atoms with Crippen molar-refractivity contribution in [3.05, 3.63) is 35.0 Å². The third-order valence-electron chi connectivity index (χ3n) is 4.45. The zero-order chi connectivity index (χ0) is 16.9. The number of amides is 1. The van der Waals surface area contributed by atoms with Gasteiger partial charge in [-0.15, -0.1) is 0 Å². The van der Waals surface area contributed by atoms with Crippen LogP contribution < -0.4 is 5.73 Å². The number of hydrogen-bond acceptors (Lipinski definition) is 5. The maximum absolute atomic E-state index is 12.1. The monoisotopic (exact) mass is 313 g/mol. The van der Waals surface area contributed by atoms with Crippen molar-refractivity contribution < 1.29 is 19.8 Å². The molecule has 4 N–H and O–H groups in total. The van der Waals surface area contributed by atoms with Gasteiger partial charge in [0.1, 0.15) is 11.8 Å². The average Bonchev–Trinajstić information content (AvgIpc) is 2.82. The number of carbonyl (C=O) groups excluding carboxylic acids is 1. The lowest BCUT2D eigenvalue weighted by Crippen LogP contribution is -2.61. The molecule has 1 fully saturated rings. The van der Waals surface area contributed by atoms with E-state index in [1.807, 2.05) is 6.07 Å². The second-order valence-corrected chi connectivity index (χ2v) is 5.79. The smallest absolute Gasteiger partial charge is 0.352 e. The van der Waals surface area contributed by atoms with E-state index >= 15 is 0 Å². The first kappa shape index (κ1) is 15.1. The minimum Gasteiger partial charge on any atom is -0.477 e. The largest absolute Gasteiger partial charge is 0.477 e. The van der Waals surface area contributed by atoms with Crippen LogP contribution in [0, 0.1) is 17.2 Å². The Balaban J connectivity index is 2.05. The minimum atomic E-state index is -1.19. The molecular weight excluding hydrogens is 298 g/mol. The standard InChI is InChI=1S/C16H15N3O4/c1-7(20)13-12-5-10(14(16(22)23)19(12)15(13)21)8-2-3-9(6-17)11(18)4-8/h2-4,7,12-13,20H,5,18H2,1H3,(H,22,23)/t7-,12-,13-/m1/s1. The van der Waals surface area contributed by atoms with Crippen molar-refractivity contribution in [3.63, 3.8) is 0 Å². The summed E-state index contributed by atoms with van der Waals surface area (Å²) in [6, 6.07) is 6.30. The first-order chi connectivity index (χ1) is 10.9. The molecule has 1 aromatic rings. The van der Waals surface area contributed by atoms with Crippen LogP contribution in [0.3, 0.4) is 0 Å². The number of aliphatic hydroxyl groups is 1. The number of carboxylic acid groups (broad SMARTS) is 1. The normalized spacial score (nSPS) is 24.0. The number of nitriles is 1. The number of β-lactam (4-membered cyclic amide) rings is 1. The van der Waals surface area contributed by atoms with E-state index in [1.54, 1.807) is 12.1 Å². The van der Waals surface area contributed by atoms with Crippen LogP contribution in [0.15, 0.2) is 23.9 Å². The number of aliphatic carboxylic acids is 1. The Morgan fingerprint density at radius 2 is 2.22 bits per heavy atom. The molecule has 0 aromatic heterocycles. The first-order valence-corrected chi connectivity index (χ1v) is 7.14. The average molecular weight is 313 g/mol. The van der Waals surface area contributed by atoms with Crippen LogP contribution in [-0.4, -0.2) is 39.1 Å². The second kappa shape index (κ2) is 5.11. The van der Waals surface area contributed by atoms with Crippen LogP contribution in [0.25, 0.3) is 5.57 Å². The van der Waals surface area contributed by atoms with Crippen molar-refractivity contribution in [2.24, 2.45) is 5.92 Å². The van der Waals surface area contributed by atoms with Gasteiger partial charge in [-0.2, -0.15) is 5.26 Å². The number of nitrogens with zero attached hydrogens (tertiary/aromatic N) is 2. The van der Waals surface area contributed by atoms with Crippen molar-refractivity contribution >= 4 is 23.1 Å². The van der Waals surface area contributed by atoms with Crippen LogP contribution in [0.1, 0.15) is 24.5 Å². The van der Waals surface area contributed by atoms with Gasteiger partial charge in [0.25, 0.3) is 0 Å². The maximum atomic E-state index is 12.1. The fourth-order valence-electron chi connectivity index (χ4n) is 3.38. The zero-order valence-corrected chi connectivity index (χ0v) is 12.4. The van der Waals surface area contributed by atoms with E-state index in [0.29, 0.717) is 23.1 Å². The number of fused-ring (bicyclic) bond motifs is 1. The first-order valence-electron chi connectivity index (χ1n) is 7.14. The fraction of sp³-hybridized carbons (Fsp3) is 0.312. The van der Waals surface area contributed by atoms with Gasteiger partial charge >= 0.3 is 5.97 Å². The highest BCUT2D eigenvalue weighted by Crippen LogP contribution is 2.47. The zero-order valence-electron chi connectivity index (χ0n) is 12.4. The molecule has 23 heavy (non-hydrogen) atoms. The van der Waals surface area contributed by atoms with Gasteiger partial charge in [-0.1, -0.05) is 6.07 Å². The summed E-state index contributed by atoms with van der Waals surface area (Å²) in [6.07, 6.45) is -0.488. The molecule has 1 aromatic carbocycles. The summed E-state index contributed by atoms with van der Waals surface area (Å²) in [5.41, 5.74) is 7.37. The number of anilines is 1. The molecule has 0 bridgehead atoms. The SMILES string of the molecule is C[C@@H](O)[C@H]1C(=O)N2C(C(=O)O)=C(c3ccc(C#N)c(N)c3)C[C@H]12. The lowest BCUT2D eigenvalue weighted by Gasteiger charge is -2.44. The van der Waals surface area contributed by atoms with E-state index in [9.17, 15) is 19.8 Å². The van der Waals surface area contributed by atoms with Crippen molar-refractivity contribution in [2.75, 3.05) is 5.73 Å².